The molecule has 5 aromatic rings. The van der Waals surface area contributed by atoms with Gasteiger partial charge in [0.25, 0.3) is 0 Å². The van der Waals surface area contributed by atoms with Gasteiger partial charge < -0.3 is 20.5 Å². The number of benzene rings is 3. The summed E-state index contributed by atoms with van der Waals surface area (Å²) in [6.45, 7) is 4.54. The van der Waals surface area contributed by atoms with Crippen molar-refractivity contribution < 1.29 is 19.4 Å². The fourth-order valence-corrected chi connectivity index (χ4v) is 7.01. The average molecular weight is 677 g/mol. The number of phenolic OH excluding ortho intramolecular Hbond substituents is 1. The molecule has 3 aromatic carbocycles. The molecule has 13 heteroatoms. The van der Waals surface area contributed by atoms with Crippen molar-refractivity contribution in [2.24, 2.45) is 7.05 Å². The molecule has 258 valence electrons. The highest BCUT2D eigenvalue weighted by molar-refractivity contribution is 6.00. The van der Waals surface area contributed by atoms with Gasteiger partial charge in [0, 0.05) is 51.8 Å². The number of amides is 2. The Hall–Kier alpha value is -5.69. The number of imide groups is 1. The molecule has 0 radical (unpaired) electrons. The molecule has 13 nitrogen and oxygen atoms in total. The van der Waals surface area contributed by atoms with Gasteiger partial charge in [0.05, 0.1) is 29.0 Å². The molecule has 2 saturated heterocycles. The molecule has 0 bridgehead atoms. The molecule has 0 saturated carbocycles. The topological polar surface area (TPSA) is 161 Å². The van der Waals surface area contributed by atoms with Crippen LogP contribution in [-0.2, 0) is 29.6 Å². The first kappa shape index (κ1) is 32.8. The number of nitrogen functional groups attached to an aromatic ring is 1. The number of hydrogen-bond acceptors (Lipinski definition) is 10. The highest BCUT2D eigenvalue weighted by Crippen LogP contribution is 2.32. The minimum absolute atomic E-state index is 0.151. The molecular weight excluding hydrogens is 636 g/mol. The maximum atomic E-state index is 13.2. The van der Waals surface area contributed by atoms with Crippen molar-refractivity contribution in [3.8, 4) is 22.8 Å². The van der Waals surface area contributed by atoms with Crippen LogP contribution in [0, 0.1) is 0 Å². The highest BCUT2D eigenvalue weighted by Gasteiger charge is 2.31. The van der Waals surface area contributed by atoms with Crippen LogP contribution in [0.3, 0.4) is 0 Å². The van der Waals surface area contributed by atoms with E-state index in [9.17, 15) is 19.5 Å². The Balaban J connectivity index is 0.936. The van der Waals surface area contributed by atoms with Crippen LogP contribution < -0.4 is 26.4 Å². The van der Waals surface area contributed by atoms with Gasteiger partial charge in [0.1, 0.15) is 17.5 Å². The smallest absolute Gasteiger partial charge is 0.329 e. The number of carbonyl (C=O) groups is 2. The van der Waals surface area contributed by atoms with Crippen LogP contribution >= 0.6 is 0 Å². The largest absolute Gasteiger partial charge is 0.507 e. The van der Waals surface area contributed by atoms with Crippen LogP contribution in [0.2, 0.25) is 0 Å². The van der Waals surface area contributed by atoms with E-state index in [0.29, 0.717) is 42.0 Å². The van der Waals surface area contributed by atoms with E-state index < -0.39 is 11.9 Å². The van der Waals surface area contributed by atoms with Gasteiger partial charge in [-0.15, -0.1) is 10.2 Å². The minimum atomic E-state index is -0.708. The summed E-state index contributed by atoms with van der Waals surface area (Å²) in [5.74, 6) is 0.582. The van der Waals surface area contributed by atoms with Crippen LogP contribution in [0.1, 0.15) is 36.4 Å². The van der Waals surface area contributed by atoms with Gasteiger partial charge in [-0.2, -0.15) is 0 Å². The number of ether oxygens (including phenoxy) is 1. The molecule has 50 heavy (non-hydrogen) atoms. The molecule has 1 atom stereocenters. The maximum Gasteiger partial charge on any atom is 0.329 e. The summed E-state index contributed by atoms with van der Waals surface area (Å²) in [7, 11) is 1.72. The molecule has 4 heterocycles. The summed E-state index contributed by atoms with van der Waals surface area (Å²) in [5, 5.41) is 21.0. The Morgan fingerprint density at radius 3 is 2.56 bits per heavy atom. The van der Waals surface area contributed by atoms with Crippen molar-refractivity contribution in [2.45, 2.75) is 38.3 Å². The summed E-state index contributed by atoms with van der Waals surface area (Å²) < 4.78 is 9.27. The molecule has 2 aliphatic heterocycles. The number of para-hydroxylation sites is 2. The van der Waals surface area contributed by atoms with E-state index in [-0.39, 0.29) is 23.8 Å². The summed E-state index contributed by atoms with van der Waals surface area (Å²) in [5.41, 5.74) is 11.6. The Morgan fingerprint density at radius 2 is 1.76 bits per heavy atom. The number of aromatic nitrogens is 4. The average Bonchev–Trinajstić information content (AvgIpc) is 3.37. The van der Waals surface area contributed by atoms with Crippen molar-refractivity contribution in [2.75, 3.05) is 43.4 Å². The minimum Gasteiger partial charge on any atom is -0.507 e. The number of piperidine rings is 1. The van der Waals surface area contributed by atoms with Gasteiger partial charge >= 0.3 is 5.69 Å². The number of imidazole rings is 1. The Kier molecular flexibility index (Phi) is 9.22. The third-order valence-corrected chi connectivity index (χ3v) is 9.57. The first-order valence-corrected chi connectivity index (χ1v) is 16.9. The van der Waals surface area contributed by atoms with E-state index in [1.54, 1.807) is 23.7 Å². The Bertz CT molecular complexity index is 2120. The van der Waals surface area contributed by atoms with E-state index in [1.807, 2.05) is 48.5 Å². The summed E-state index contributed by atoms with van der Waals surface area (Å²) in [6, 6.07) is 22.2. The zero-order chi connectivity index (χ0) is 34.8. The SMILES string of the molecule is Cn1c(=O)n(C2CCC(=O)NC2=O)c2cccc(CCCOc3cccc(CN4CCN(c5cc(-c6ccccc6O)nnc5N)CC4)c3)c21. The van der Waals surface area contributed by atoms with Gasteiger partial charge in [-0.05, 0) is 66.8 Å². The molecule has 2 aromatic heterocycles. The standard InChI is InChI=1S/C37H40N8O5/c1-42-34-25(8-5-12-29(34)45(37(42)49)30-14-15-33(47)39-36(30)48)9-6-20-50-26-10-4-7-24(21-26)23-43-16-18-44(19-17-43)31-22-28(40-41-35(31)38)27-11-2-3-13-32(27)46/h2-5,7-8,10-13,21-22,30,46H,6,9,14-20,23H2,1H3,(H2,38,41)(H,39,47,48). The fraction of sp³-hybridized carbons (Fsp3) is 0.324. The Labute approximate surface area is 288 Å². The molecule has 1 unspecified atom stereocenters. The van der Waals surface area contributed by atoms with E-state index >= 15 is 0 Å². The normalized spacial score (nSPS) is 16.9. The third-order valence-electron chi connectivity index (χ3n) is 9.57. The lowest BCUT2D eigenvalue weighted by Gasteiger charge is -2.36. The van der Waals surface area contributed by atoms with E-state index in [2.05, 4.69) is 37.4 Å². The molecule has 4 N–H and O–H groups in total. The molecule has 0 aliphatic carbocycles. The number of rotatable bonds is 10. The monoisotopic (exact) mass is 676 g/mol. The van der Waals surface area contributed by atoms with Crippen LogP contribution in [0.15, 0.2) is 77.6 Å². The van der Waals surface area contributed by atoms with E-state index in [1.165, 1.54) is 4.57 Å². The lowest BCUT2D eigenvalue weighted by molar-refractivity contribution is -0.135. The number of nitrogens with two attached hydrogens (primary N) is 1. The number of aryl methyl sites for hydroxylation is 2. The fourth-order valence-electron chi connectivity index (χ4n) is 7.01. The van der Waals surface area contributed by atoms with Crippen LogP contribution in [0.5, 0.6) is 11.5 Å². The van der Waals surface area contributed by atoms with Crippen molar-refractivity contribution >= 4 is 34.4 Å². The number of fused-ring (bicyclic) bond motifs is 1. The molecule has 7 rings (SSSR count). The number of hydrogen-bond donors (Lipinski definition) is 3. The van der Waals surface area contributed by atoms with Crippen molar-refractivity contribution in [3.63, 3.8) is 0 Å². The quantitative estimate of drug-likeness (QED) is 0.148. The number of aromatic hydroxyl groups is 1. The molecule has 0 spiro atoms. The summed E-state index contributed by atoms with van der Waals surface area (Å²) in [4.78, 5) is 42.1. The number of nitrogens with zero attached hydrogens (tertiary/aromatic N) is 6. The predicted octanol–water partition coefficient (Wildman–Crippen LogP) is 3.40. The van der Waals surface area contributed by atoms with Crippen molar-refractivity contribution in [1.82, 2.24) is 29.5 Å². The number of carbonyl (C=O) groups excluding carboxylic acids is 2. The second kappa shape index (κ2) is 14.0. The first-order valence-electron chi connectivity index (χ1n) is 16.9. The van der Waals surface area contributed by atoms with Crippen molar-refractivity contribution in [3.05, 3.63) is 94.4 Å². The van der Waals surface area contributed by atoms with Crippen molar-refractivity contribution in [1.29, 1.82) is 0 Å². The lowest BCUT2D eigenvalue weighted by Crippen LogP contribution is -2.46. The first-order chi connectivity index (χ1) is 24.3. The van der Waals surface area contributed by atoms with Gasteiger partial charge in [-0.3, -0.25) is 28.9 Å². The number of nitrogens with one attached hydrogen (secondary N) is 1. The van der Waals surface area contributed by atoms with Gasteiger partial charge in [-0.25, -0.2) is 4.79 Å². The van der Waals surface area contributed by atoms with E-state index in [0.717, 1.165) is 67.2 Å². The van der Waals surface area contributed by atoms with Gasteiger partial charge in [0.2, 0.25) is 11.8 Å². The number of anilines is 2. The second-order valence-electron chi connectivity index (χ2n) is 12.8. The highest BCUT2D eigenvalue weighted by atomic mass is 16.5. The number of piperazine rings is 1. The molecular formula is C37H40N8O5. The lowest BCUT2D eigenvalue weighted by atomic mass is 10.0. The summed E-state index contributed by atoms with van der Waals surface area (Å²) in [6.07, 6.45) is 1.94. The zero-order valence-electron chi connectivity index (χ0n) is 27.9. The van der Waals surface area contributed by atoms with Crippen LogP contribution in [-0.4, -0.2) is 73.9 Å². The molecule has 2 amide bonds. The number of phenols is 1. The predicted molar refractivity (Wildman–Crippen MR) is 190 cm³/mol. The summed E-state index contributed by atoms with van der Waals surface area (Å²) >= 11 is 0. The maximum absolute atomic E-state index is 13.2. The van der Waals surface area contributed by atoms with Crippen LogP contribution in [0.4, 0.5) is 11.5 Å². The van der Waals surface area contributed by atoms with Gasteiger partial charge in [0.15, 0.2) is 5.82 Å². The second-order valence-corrected chi connectivity index (χ2v) is 12.8. The third kappa shape index (κ3) is 6.64. The Morgan fingerprint density at radius 1 is 0.960 bits per heavy atom. The van der Waals surface area contributed by atoms with Crippen LogP contribution in [0.25, 0.3) is 22.3 Å². The van der Waals surface area contributed by atoms with E-state index in [4.69, 9.17) is 10.5 Å². The zero-order valence-corrected chi connectivity index (χ0v) is 27.9. The molecule has 2 fully saturated rings. The molecule has 2 aliphatic rings. The van der Waals surface area contributed by atoms with Gasteiger partial charge in [-0.1, -0.05) is 36.4 Å².